The van der Waals surface area contributed by atoms with Gasteiger partial charge in [-0.3, -0.25) is 0 Å². The zero-order chi connectivity index (χ0) is 12.7. The predicted octanol–water partition coefficient (Wildman–Crippen LogP) is 4.16. The molecule has 0 unspecified atom stereocenters. The van der Waals surface area contributed by atoms with Crippen molar-refractivity contribution in [3.63, 3.8) is 0 Å². The molecule has 3 rings (SSSR count). The zero-order valence-corrected chi connectivity index (χ0v) is 10.4. The first kappa shape index (κ1) is 10.9. The van der Waals surface area contributed by atoms with E-state index in [2.05, 4.69) is 36.3 Å². The third-order valence-electron chi connectivity index (χ3n) is 3.42. The molecule has 0 spiro atoms. The third kappa shape index (κ3) is 1.35. The van der Waals surface area contributed by atoms with E-state index in [1.165, 1.54) is 5.39 Å². The second-order valence-corrected chi connectivity index (χ2v) is 4.40. The molecular formula is C16H15NO. The van der Waals surface area contributed by atoms with Crippen molar-refractivity contribution in [3.8, 4) is 5.75 Å². The van der Waals surface area contributed by atoms with Crippen LogP contribution in [0.4, 0.5) is 0 Å². The molecule has 0 fully saturated rings. The molecule has 0 atom stereocenters. The number of aromatic hydroxyl groups is 1. The molecule has 18 heavy (non-hydrogen) atoms. The van der Waals surface area contributed by atoms with Crippen molar-refractivity contribution in [3.05, 3.63) is 48.5 Å². The molecule has 2 heteroatoms. The number of rotatable bonds is 2. The molecule has 0 amide bonds. The summed E-state index contributed by atoms with van der Waals surface area (Å²) >= 11 is 0. The van der Waals surface area contributed by atoms with Gasteiger partial charge in [-0.05, 0) is 30.7 Å². The Kier molecular flexibility index (Phi) is 2.37. The van der Waals surface area contributed by atoms with Crippen LogP contribution >= 0.6 is 0 Å². The Morgan fingerprint density at radius 2 is 2.00 bits per heavy atom. The Hall–Kier alpha value is -2.22. The minimum Gasteiger partial charge on any atom is -0.506 e. The first-order valence-electron chi connectivity index (χ1n) is 6.12. The summed E-state index contributed by atoms with van der Waals surface area (Å²) in [6, 6.07) is 12.1. The van der Waals surface area contributed by atoms with Gasteiger partial charge in [0.2, 0.25) is 0 Å². The van der Waals surface area contributed by atoms with E-state index in [4.69, 9.17) is 0 Å². The average molecular weight is 237 g/mol. The van der Waals surface area contributed by atoms with E-state index in [9.17, 15) is 5.11 Å². The highest BCUT2D eigenvalue weighted by molar-refractivity contribution is 6.10. The fourth-order valence-corrected chi connectivity index (χ4v) is 2.63. The third-order valence-corrected chi connectivity index (χ3v) is 3.42. The van der Waals surface area contributed by atoms with Gasteiger partial charge in [-0.1, -0.05) is 30.9 Å². The molecule has 90 valence electrons. The lowest BCUT2D eigenvalue weighted by atomic mass is 10.1. The molecule has 1 N–H and O–H groups in total. The van der Waals surface area contributed by atoms with Gasteiger partial charge in [0.1, 0.15) is 5.75 Å². The summed E-state index contributed by atoms with van der Waals surface area (Å²) in [4.78, 5) is 0. The number of fused-ring (bicyclic) bond motifs is 3. The Morgan fingerprint density at radius 3 is 2.72 bits per heavy atom. The maximum absolute atomic E-state index is 10.2. The van der Waals surface area contributed by atoms with Crippen molar-refractivity contribution in [1.82, 2.24) is 4.57 Å². The van der Waals surface area contributed by atoms with Crippen LogP contribution in [0.2, 0.25) is 0 Å². The number of nitrogens with zero attached hydrogens (tertiary/aromatic N) is 1. The number of phenols is 1. The number of benzene rings is 2. The van der Waals surface area contributed by atoms with Crippen LogP contribution < -0.4 is 0 Å². The summed E-state index contributed by atoms with van der Waals surface area (Å²) in [5.41, 5.74) is 3.01. The monoisotopic (exact) mass is 237 g/mol. The second-order valence-electron chi connectivity index (χ2n) is 4.40. The summed E-state index contributed by atoms with van der Waals surface area (Å²) in [7, 11) is 0. The maximum Gasteiger partial charge on any atom is 0.140 e. The number of aryl methyl sites for hydroxylation is 1. The largest absolute Gasteiger partial charge is 0.506 e. The second kappa shape index (κ2) is 3.91. The van der Waals surface area contributed by atoms with Crippen LogP contribution in [0.25, 0.3) is 27.9 Å². The molecule has 0 aliphatic heterocycles. The fourth-order valence-electron chi connectivity index (χ4n) is 2.63. The lowest BCUT2D eigenvalue weighted by molar-refractivity contribution is 0.478. The Labute approximate surface area is 106 Å². The lowest BCUT2D eigenvalue weighted by Crippen LogP contribution is -1.93. The number of aromatic nitrogens is 1. The van der Waals surface area contributed by atoms with E-state index < -0.39 is 0 Å². The van der Waals surface area contributed by atoms with Crippen molar-refractivity contribution in [2.75, 3.05) is 0 Å². The van der Waals surface area contributed by atoms with Crippen LogP contribution in [0.1, 0.15) is 12.5 Å². The van der Waals surface area contributed by atoms with Crippen molar-refractivity contribution < 1.29 is 5.11 Å². The molecule has 3 aromatic rings. The Bertz CT molecular complexity index is 752. The van der Waals surface area contributed by atoms with Crippen molar-refractivity contribution in [2.45, 2.75) is 13.5 Å². The molecule has 0 aliphatic rings. The van der Waals surface area contributed by atoms with Gasteiger partial charge in [0.25, 0.3) is 0 Å². The van der Waals surface area contributed by atoms with Gasteiger partial charge < -0.3 is 9.67 Å². The van der Waals surface area contributed by atoms with Crippen molar-refractivity contribution in [1.29, 1.82) is 0 Å². The predicted molar refractivity (Wildman–Crippen MR) is 76.9 cm³/mol. The van der Waals surface area contributed by atoms with Crippen LogP contribution in [0.15, 0.2) is 43.0 Å². The molecule has 0 aliphatic carbocycles. The Morgan fingerprint density at radius 1 is 1.22 bits per heavy atom. The maximum atomic E-state index is 10.2. The molecule has 2 nitrogen and oxygen atoms in total. The van der Waals surface area contributed by atoms with Gasteiger partial charge >= 0.3 is 0 Å². The van der Waals surface area contributed by atoms with Gasteiger partial charge in [-0.15, -0.1) is 0 Å². The van der Waals surface area contributed by atoms with E-state index in [-0.39, 0.29) is 0 Å². The molecule has 0 bridgehead atoms. The number of hydrogen-bond acceptors (Lipinski definition) is 1. The number of hydrogen-bond donors (Lipinski definition) is 1. The topological polar surface area (TPSA) is 25.2 Å². The van der Waals surface area contributed by atoms with Gasteiger partial charge in [-0.25, -0.2) is 0 Å². The van der Waals surface area contributed by atoms with Crippen LogP contribution in [0.5, 0.6) is 5.75 Å². The molecule has 1 heterocycles. The first-order valence-corrected chi connectivity index (χ1v) is 6.12. The average Bonchev–Trinajstić information content (AvgIpc) is 2.73. The van der Waals surface area contributed by atoms with Crippen LogP contribution in [-0.2, 0) is 6.54 Å². The molecule has 0 radical (unpaired) electrons. The van der Waals surface area contributed by atoms with E-state index in [0.29, 0.717) is 5.75 Å². The fraction of sp³-hybridized carbons (Fsp3) is 0.125. The lowest BCUT2D eigenvalue weighted by Gasteiger charge is -2.05. The summed E-state index contributed by atoms with van der Waals surface area (Å²) in [6.07, 6.45) is 1.76. The first-order chi connectivity index (χ1) is 8.76. The highest BCUT2D eigenvalue weighted by atomic mass is 16.3. The van der Waals surface area contributed by atoms with Gasteiger partial charge in [0, 0.05) is 22.8 Å². The van der Waals surface area contributed by atoms with Crippen LogP contribution in [0.3, 0.4) is 0 Å². The Balaban J connectivity index is 2.59. The SMILES string of the molecule is C=Cc1cc(O)c2c(c1)c1ccccc1n2CC. The molecule has 2 aromatic carbocycles. The number of phenolic OH excluding ortho intramolecular Hbond substituents is 1. The smallest absolute Gasteiger partial charge is 0.140 e. The molecule has 1 aromatic heterocycles. The highest BCUT2D eigenvalue weighted by Gasteiger charge is 2.13. The molecule has 0 saturated carbocycles. The quantitative estimate of drug-likeness (QED) is 0.711. The molecular weight excluding hydrogens is 222 g/mol. The van der Waals surface area contributed by atoms with E-state index in [1.807, 2.05) is 12.1 Å². The summed E-state index contributed by atoms with van der Waals surface area (Å²) in [6.45, 7) is 6.70. The normalized spacial score (nSPS) is 11.2. The van der Waals surface area contributed by atoms with E-state index in [0.717, 1.165) is 28.5 Å². The van der Waals surface area contributed by atoms with E-state index in [1.54, 1.807) is 12.1 Å². The summed E-state index contributed by atoms with van der Waals surface area (Å²) in [5, 5.41) is 12.5. The molecule has 0 saturated heterocycles. The zero-order valence-electron chi connectivity index (χ0n) is 10.4. The highest BCUT2D eigenvalue weighted by Crippen LogP contribution is 2.35. The minimum atomic E-state index is 0.320. The van der Waals surface area contributed by atoms with Crippen molar-refractivity contribution in [2.24, 2.45) is 0 Å². The summed E-state index contributed by atoms with van der Waals surface area (Å²) < 4.78 is 2.15. The number of para-hydroxylation sites is 1. The minimum absolute atomic E-state index is 0.320. The van der Waals surface area contributed by atoms with Crippen LogP contribution in [-0.4, -0.2) is 9.67 Å². The van der Waals surface area contributed by atoms with Crippen LogP contribution in [0, 0.1) is 0 Å². The van der Waals surface area contributed by atoms with Gasteiger partial charge in [0.05, 0.1) is 5.52 Å². The van der Waals surface area contributed by atoms with Gasteiger partial charge in [-0.2, -0.15) is 0 Å². The van der Waals surface area contributed by atoms with E-state index >= 15 is 0 Å². The summed E-state index contributed by atoms with van der Waals surface area (Å²) in [5.74, 6) is 0.320. The van der Waals surface area contributed by atoms with Gasteiger partial charge in [0.15, 0.2) is 0 Å². The standard InChI is InChI=1S/C16H15NO/c1-3-11-9-13-12-7-5-6-8-14(12)17(4-2)16(13)15(18)10-11/h3,5-10,18H,1,4H2,2H3. The van der Waals surface area contributed by atoms with Crippen molar-refractivity contribution >= 4 is 27.9 Å².